The standard InChI is InChI=1S/C18H18N4O6/c1-9(23)20-14(8-15(19)24)17(26)21-11-4-2-10(3-5-11)13-7-6-12(18(27)28)16(25)22-13/h2-7,14H,8H2,1H3,(H2,19,24)(H,20,23)(H,21,26)(H,22,25)(H,27,28)/t14-/m1/s1. The van der Waals surface area contributed by atoms with E-state index in [0.29, 0.717) is 16.9 Å². The molecule has 0 aliphatic heterocycles. The Morgan fingerprint density at radius 2 is 1.75 bits per heavy atom. The molecular weight excluding hydrogens is 368 g/mol. The molecule has 10 heteroatoms. The van der Waals surface area contributed by atoms with Gasteiger partial charge in [-0.2, -0.15) is 0 Å². The second-order valence-corrected chi connectivity index (χ2v) is 5.91. The molecule has 0 aliphatic carbocycles. The number of aromatic carboxylic acids is 1. The lowest BCUT2D eigenvalue weighted by atomic mass is 10.1. The van der Waals surface area contributed by atoms with Crippen LogP contribution in [-0.2, 0) is 14.4 Å². The molecular formula is C18H18N4O6. The fourth-order valence-electron chi connectivity index (χ4n) is 2.43. The highest BCUT2D eigenvalue weighted by molar-refractivity contribution is 5.99. The molecule has 0 aliphatic rings. The first kappa shape index (κ1) is 20.4. The molecule has 0 bridgehead atoms. The van der Waals surface area contributed by atoms with Crippen LogP contribution < -0.4 is 21.9 Å². The van der Waals surface area contributed by atoms with E-state index >= 15 is 0 Å². The van der Waals surface area contributed by atoms with Crippen molar-refractivity contribution in [1.82, 2.24) is 10.3 Å². The first-order valence-corrected chi connectivity index (χ1v) is 8.10. The maximum absolute atomic E-state index is 12.2. The molecule has 2 aromatic rings. The van der Waals surface area contributed by atoms with Crippen LogP contribution in [0.1, 0.15) is 23.7 Å². The van der Waals surface area contributed by atoms with Gasteiger partial charge in [0.1, 0.15) is 11.6 Å². The third-order valence-electron chi connectivity index (χ3n) is 3.70. The molecule has 0 saturated heterocycles. The SMILES string of the molecule is CC(=O)N[C@H](CC(N)=O)C(=O)Nc1ccc(-c2ccc(C(=O)O)c(=O)[nH]2)cc1. The quantitative estimate of drug-likeness (QED) is 0.450. The number of hydrogen-bond acceptors (Lipinski definition) is 5. The normalized spacial score (nSPS) is 11.3. The summed E-state index contributed by atoms with van der Waals surface area (Å²) in [6.45, 7) is 1.21. The molecule has 6 N–H and O–H groups in total. The Labute approximate surface area is 158 Å². The largest absolute Gasteiger partial charge is 0.477 e. The molecule has 0 unspecified atom stereocenters. The van der Waals surface area contributed by atoms with Crippen LogP contribution in [0.15, 0.2) is 41.2 Å². The van der Waals surface area contributed by atoms with E-state index < -0.39 is 35.3 Å². The van der Waals surface area contributed by atoms with E-state index in [0.717, 1.165) is 0 Å². The van der Waals surface area contributed by atoms with Crippen LogP contribution in [0.5, 0.6) is 0 Å². The summed E-state index contributed by atoms with van der Waals surface area (Å²) < 4.78 is 0. The van der Waals surface area contributed by atoms with Crippen molar-refractivity contribution >= 4 is 29.4 Å². The Hall–Kier alpha value is -3.95. The lowest BCUT2D eigenvalue weighted by molar-refractivity contribution is -0.127. The van der Waals surface area contributed by atoms with Crippen LogP contribution in [0.2, 0.25) is 0 Å². The molecule has 3 amide bonds. The predicted molar refractivity (Wildman–Crippen MR) is 99.5 cm³/mol. The Kier molecular flexibility index (Phi) is 6.27. The monoisotopic (exact) mass is 386 g/mol. The van der Waals surface area contributed by atoms with Gasteiger partial charge in [-0.15, -0.1) is 0 Å². The van der Waals surface area contributed by atoms with E-state index in [4.69, 9.17) is 10.8 Å². The molecule has 1 aromatic heterocycles. The van der Waals surface area contributed by atoms with Gasteiger partial charge in [-0.3, -0.25) is 19.2 Å². The fraction of sp³-hybridized carbons (Fsp3) is 0.167. The van der Waals surface area contributed by atoms with E-state index in [9.17, 15) is 24.0 Å². The zero-order valence-electron chi connectivity index (χ0n) is 14.8. The predicted octanol–water partition coefficient (Wildman–Crippen LogP) is 0.0587. The number of carboxylic acids is 1. The Bertz CT molecular complexity index is 964. The maximum atomic E-state index is 12.2. The molecule has 0 radical (unpaired) electrons. The highest BCUT2D eigenvalue weighted by atomic mass is 16.4. The number of nitrogens with two attached hydrogens (primary N) is 1. The van der Waals surface area contributed by atoms with Crippen LogP contribution in [0, 0.1) is 0 Å². The van der Waals surface area contributed by atoms with Gasteiger partial charge in [0.25, 0.3) is 5.56 Å². The number of carboxylic acid groups (broad SMARTS) is 1. The number of amides is 3. The highest BCUT2D eigenvalue weighted by Gasteiger charge is 2.21. The number of H-pyrrole nitrogens is 1. The number of carbonyl (C=O) groups is 4. The van der Waals surface area contributed by atoms with Crippen molar-refractivity contribution in [2.24, 2.45) is 5.73 Å². The molecule has 0 saturated carbocycles. The van der Waals surface area contributed by atoms with Crippen LogP contribution in [-0.4, -0.2) is 39.8 Å². The number of aromatic amines is 1. The second kappa shape index (κ2) is 8.62. The number of pyridine rings is 1. The van der Waals surface area contributed by atoms with E-state index in [1.165, 1.54) is 19.1 Å². The van der Waals surface area contributed by atoms with Gasteiger partial charge in [0.05, 0.1) is 6.42 Å². The average molecular weight is 386 g/mol. The molecule has 146 valence electrons. The first-order valence-electron chi connectivity index (χ1n) is 8.10. The second-order valence-electron chi connectivity index (χ2n) is 5.91. The third-order valence-corrected chi connectivity index (χ3v) is 3.70. The van der Waals surface area contributed by atoms with Gasteiger partial charge >= 0.3 is 5.97 Å². The molecule has 28 heavy (non-hydrogen) atoms. The van der Waals surface area contributed by atoms with Gasteiger partial charge in [0.2, 0.25) is 17.7 Å². The van der Waals surface area contributed by atoms with Gasteiger partial charge in [-0.1, -0.05) is 12.1 Å². The smallest absolute Gasteiger partial charge is 0.341 e. The number of anilines is 1. The molecule has 10 nitrogen and oxygen atoms in total. The van der Waals surface area contributed by atoms with Crippen LogP contribution in [0.25, 0.3) is 11.3 Å². The molecule has 1 heterocycles. The zero-order valence-corrected chi connectivity index (χ0v) is 14.8. The summed E-state index contributed by atoms with van der Waals surface area (Å²) >= 11 is 0. The summed E-state index contributed by atoms with van der Waals surface area (Å²) in [7, 11) is 0. The van der Waals surface area contributed by atoms with Gasteiger partial charge in [-0.25, -0.2) is 4.79 Å². The van der Waals surface area contributed by atoms with Crippen molar-refractivity contribution in [1.29, 1.82) is 0 Å². The Morgan fingerprint density at radius 3 is 2.25 bits per heavy atom. The molecule has 1 aromatic carbocycles. The van der Waals surface area contributed by atoms with Crippen LogP contribution in [0.3, 0.4) is 0 Å². The van der Waals surface area contributed by atoms with Crippen molar-refractivity contribution in [3.63, 3.8) is 0 Å². The van der Waals surface area contributed by atoms with Crippen LogP contribution in [0.4, 0.5) is 5.69 Å². The minimum atomic E-state index is -1.32. The van der Waals surface area contributed by atoms with Gasteiger partial charge in [0.15, 0.2) is 0 Å². The van der Waals surface area contributed by atoms with Gasteiger partial charge < -0.3 is 26.5 Å². The fourth-order valence-corrected chi connectivity index (χ4v) is 2.43. The number of benzene rings is 1. The summed E-state index contributed by atoms with van der Waals surface area (Å²) in [6, 6.07) is 7.85. The van der Waals surface area contributed by atoms with Crippen molar-refractivity contribution in [2.75, 3.05) is 5.32 Å². The summed E-state index contributed by atoms with van der Waals surface area (Å²) in [4.78, 5) is 59.6. The third kappa shape index (κ3) is 5.27. The van der Waals surface area contributed by atoms with Gasteiger partial charge in [-0.05, 0) is 29.8 Å². The van der Waals surface area contributed by atoms with E-state index in [2.05, 4.69) is 15.6 Å². The van der Waals surface area contributed by atoms with E-state index in [1.807, 2.05) is 0 Å². The van der Waals surface area contributed by atoms with Crippen molar-refractivity contribution in [3.8, 4) is 11.3 Å². The Balaban J connectivity index is 2.15. The summed E-state index contributed by atoms with van der Waals surface area (Å²) in [6.07, 6.45) is -0.347. The number of nitrogens with one attached hydrogen (secondary N) is 3. The number of primary amides is 1. The van der Waals surface area contributed by atoms with Crippen molar-refractivity contribution in [3.05, 3.63) is 52.3 Å². The van der Waals surface area contributed by atoms with E-state index in [1.54, 1.807) is 24.3 Å². The number of hydrogen-bond donors (Lipinski definition) is 5. The summed E-state index contributed by atoms with van der Waals surface area (Å²) in [5, 5.41) is 13.8. The highest BCUT2D eigenvalue weighted by Crippen LogP contribution is 2.19. The minimum Gasteiger partial charge on any atom is -0.477 e. The lowest BCUT2D eigenvalue weighted by Gasteiger charge is -2.16. The summed E-state index contributed by atoms with van der Waals surface area (Å²) in [5.41, 5.74) is 5.36. The molecule has 0 spiro atoms. The summed E-state index contributed by atoms with van der Waals surface area (Å²) in [5.74, 6) is -3.15. The Morgan fingerprint density at radius 1 is 1.11 bits per heavy atom. The molecule has 0 fully saturated rings. The first-order chi connectivity index (χ1) is 13.2. The van der Waals surface area contributed by atoms with Gasteiger partial charge in [0, 0.05) is 18.3 Å². The maximum Gasteiger partial charge on any atom is 0.341 e. The minimum absolute atomic E-state index is 0.347. The average Bonchev–Trinajstić information content (AvgIpc) is 2.60. The van der Waals surface area contributed by atoms with Crippen LogP contribution >= 0.6 is 0 Å². The van der Waals surface area contributed by atoms with E-state index in [-0.39, 0.29) is 12.0 Å². The number of aromatic nitrogens is 1. The number of carbonyl (C=O) groups excluding carboxylic acids is 3. The van der Waals surface area contributed by atoms with Crippen molar-refractivity contribution < 1.29 is 24.3 Å². The molecule has 2 rings (SSSR count). The lowest BCUT2D eigenvalue weighted by Crippen LogP contribution is -2.45. The number of rotatable bonds is 7. The zero-order chi connectivity index (χ0) is 20.8. The topological polar surface area (TPSA) is 171 Å². The van der Waals surface area contributed by atoms with Crippen molar-refractivity contribution in [2.45, 2.75) is 19.4 Å². The molecule has 1 atom stereocenters.